The predicted molar refractivity (Wildman–Crippen MR) is 103 cm³/mol. The zero-order chi connectivity index (χ0) is 13.1. The summed E-state index contributed by atoms with van der Waals surface area (Å²) in [5.74, 6) is 0. The zero-order valence-corrected chi connectivity index (χ0v) is 18.4. The van der Waals surface area contributed by atoms with Gasteiger partial charge >= 0.3 is 121 Å². The Bertz CT molecular complexity index is 608. The van der Waals surface area contributed by atoms with Crippen molar-refractivity contribution in [1.29, 1.82) is 0 Å². The summed E-state index contributed by atoms with van der Waals surface area (Å²) < 4.78 is 4.79. The minimum absolute atomic E-state index is 0. The number of hydrogen-bond acceptors (Lipinski definition) is 0. The molecule has 0 saturated carbocycles. The molecule has 0 unspecified atom stereocenters. The number of hydrogen-bond donors (Lipinski definition) is 0. The molecule has 0 saturated heterocycles. The van der Waals surface area contributed by atoms with E-state index in [-0.39, 0.29) is 34.0 Å². The van der Waals surface area contributed by atoms with Crippen molar-refractivity contribution < 1.29 is 15.3 Å². The van der Waals surface area contributed by atoms with Crippen molar-refractivity contribution in [2.75, 3.05) is 0 Å². The van der Waals surface area contributed by atoms with E-state index in [1.165, 1.54) is 23.1 Å². The van der Waals surface area contributed by atoms with Gasteiger partial charge in [0.25, 0.3) is 0 Å². The molecule has 0 aromatic heterocycles. The fraction of sp³-hybridized carbons (Fsp3) is 0.176. The molecule has 0 nitrogen and oxygen atoms in total. The van der Waals surface area contributed by atoms with Gasteiger partial charge in [0.05, 0.1) is 0 Å². The van der Waals surface area contributed by atoms with Crippen molar-refractivity contribution in [3.05, 3.63) is 80.1 Å². The molecule has 4 heteroatoms. The Labute approximate surface area is 153 Å². The molecule has 111 valence electrons. The van der Waals surface area contributed by atoms with Gasteiger partial charge in [-0.05, 0) is 0 Å². The molecule has 0 heterocycles. The number of benzene rings is 1. The first-order valence-electron chi connectivity index (χ1n) is 6.91. The summed E-state index contributed by atoms with van der Waals surface area (Å²) in [4.78, 5) is 0. The molecule has 0 aliphatic heterocycles. The third-order valence-electron chi connectivity index (χ3n) is 4.12. The maximum atomic E-state index is 2.40. The Hall–Kier alpha value is 0.0712. The number of halogens is 2. The van der Waals surface area contributed by atoms with Crippen molar-refractivity contribution in [2.24, 2.45) is 0 Å². The van der Waals surface area contributed by atoms with Crippen molar-refractivity contribution in [3.63, 3.8) is 0 Å². The van der Waals surface area contributed by atoms with Crippen molar-refractivity contribution in [2.45, 2.75) is 17.6 Å². The summed E-state index contributed by atoms with van der Waals surface area (Å²) >= 11 is -2.09. The van der Waals surface area contributed by atoms with E-state index in [1.54, 1.807) is 7.76 Å². The van der Waals surface area contributed by atoms with E-state index in [0.717, 1.165) is 0 Å². The summed E-state index contributed by atoms with van der Waals surface area (Å²) in [6.45, 7) is 0. The Morgan fingerprint density at radius 3 is 1.81 bits per heavy atom. The second kappa shape index (κ2) is 8.64. The minimum atomic E-state index is -2.09. The van der Waals surface area contributed by atoms with Crippen LogP contribution in [0.3, 0.4) is 0 Å². The van der Waals surface area contributed by atoms with E-state index in [0.29, 0.717) is 0 Å². The fourth-order valence-electron chi connectivity index (χ4n) is 2.98. The van der Waals surface area contributed by atoms with Gasteiger partial charge in [-0.1, -0.05) is 0 Å². The molecule has 0 fully saturated rings. The molecule has 1 aromatic rings. The molecular formula is C17H21Br2SiTi. The van der Waals surface area contributed by atoms with Crippen LogP contribution in [0.5, 0.6) is 0 Å². The van der Waals surface area contributed by atoms with Gasteiger partial charge in [-0.2, -0.15) is 0 Å². The standard InChI is InChI=1S/C7H7.2C5H5.2BrH.H2Si.Ti/c1-7-5-3-2-4-6-7;2*1-2-4-5-3-1;;;;/h2-6H,1H2;2*1-3H,4H2;2*1H;1H2;. The molecule has 1 aromatic carbocycles. The number of allylic oxidation sites excluding steroid dienone is 8. The topological polar surface area (TPSA) is 0 Å². The quantitative estimate of drug-likeness (QED) is 0.569. The Morgan fingerprint density at radius 2 is 1.38 bits per heavy atom. The Balaban J connectivity index is 0.00000110. The van der Waals surface area contributed by atoms with Crippen LogP contribution < -0.4 is 0 Å². The molecule has 0 bridgehead atoms. The van der Waals surface area contributed by atoms with Gasteiger partial charge in [0, 0.05) is 0 Å². The second-order valence-electron chi connectivity index (χ2n) is 5.39. The summed E-state index contributed by atoms with van der Waals surface area (Å²) in [7, 11) is 2.34. The van der Waals surface area contributed by atoms with Crippen LogP contribution in [-0.2, 0) is 20.1 Å². The molecule has 0 amide bonds. The van der Waals surface area contributed by atoms with Crippen LogP contribution in [0.25, 0.3) is 0 Å². The van der Waals surface area contributed by atoms with E-state index in [1.807, 2.05) is 0 Å². The first kappa shape index (κ1) is 19.1. The van der Waals surface area contributed by atoms with Crippen molar-refractivity contribution in [3.8, 4) is 0 Å². The van der Waals surface area contributed by atoms with Crippen LogP contribution >= 0.6 is 34.0 Å². The molecular weight excluding hydrogens is 440 g/mol. The molecule has 0 atom stereocenters. The maximum absolute atomic E-state index is 2.40. The van der Waals surface area contributed by atoms with Crippen LogP contribution in [0, 0.1) is 0 Å². The van der Waals surface area contributed by atoms with E-state index in [2.05, 4.69) is 74.4 Å². The zero-order valence-electron chi connectivity index (χ0n) is 12.0. The van der Waals surface area contributed by atoms with Gasteiger partial charge < -0.3 is 0 Å². The van der Waals surface area contributed by atoms with Crippen LogP contribution in [0.4, 0.5) is 0 Å². The SMILES string of the molecule is Br.Br.[SiH2]=[Ti]([CH2]c1ccccc1)([C]1=CC=CC1)[C]1=CC=CC1. The van der Waals surface area contributed by atoms with Gasteiger partial charge in [-0.25, -0.2) is 0 Å². The fourth-order valence-corrected chi connectivity index (χ4v) is 12.0. The monoisotopic (exact) mass is 459 g/mol. The average Bonchev–Trinajstić information content (AvgIpc) is 3.14. The third-order valence-corrected chi connectivity index (χ3v) is 15.5. The number of rotatable bonds is 4. The van der Waals surface area contributed by atoms with E-state index in [4.69, 9.17) is 0 Å². The molecule has 0 spiro atoms. The summed E-state index contributed by atoms with van der Waals surface area (Å²) in [5, 5.41) is 0. The molecule has 0 N–H and O–H groups in total. The molecule has 0 radical (unpaired) electrons. The van der Waals surface area contributed by atoms with Gasteiger partial charge in [-0.3, -0.25) is 0 Å². The predicted octanol–water partition coefficient (Wildman–Crippen LogP) is 4.73. The van der Waals surface area contributed by atoms with E-state index >= 15 is 0 Å². The van der Waals surface area contributed by atoms with Gasteiger partial charge in [0.1, 0.15) is 0 Å². The molecule has 2 aliphatic carbocycles. The first-order valence-corrected chi connectivity index (χ1v) is 13.6. The molecule has 21 heavy (non-hydrogen) atoms. The van der Waals surface area contributed by atoms with E-state index in [9.17, 15) is 0 Å². The summed E-state index contributed by atoms with van der Waals surface area (Å²) in [6.07, 6.45) is 16.3. The normalized spacial score (nSPS) is 16.0. The van der Waals surface area contributed by atoms with Gasteiger partial charge in [-0.15, -0.1) is 34.0 Å². The molecule has 3 rings (SSSR count). The summed E-state index contributed by atoms with van der Waals surface area (Å²) in [6, 6.07) is 11.0. The average molecular weight is 461 g/mol. The van der Waals surface area contributed by atoms with Crippen LogP contribution in [0.15, 0.2) is 74.5 Å². The Kier molecular flexibility index (Phi) is 7.86. The molecule has 2 aliphatic rings. The summed E-state index contributed by atoms with van der Waals surface area (Å²) in [5.41, 5.74) is 1.51. The Morgan fingerprint density at radius 1 is 0.857 bits per heavy atom. The van der Waals surface area contributed by atoms with Crippen LogP contribution in [-0.4, -0.2) is 7.63 Å². The van der Waals surface area contributed by atoms with E-state index < -0.39 is 15.3 Å². The second-order valence-corrected chi connectivity index (χ2v) is 16.3. The van der Waals surface area contributed by atoms with Crippen LogP contribution in [0.1, 0.15) is 18.4 Å². The van der Waals surface area contributed by atoms with Gasteiger partial charge in [0.2, 0.25) is 0 Å². The first-order chi connectivity index (χ1) is 9.29. The van der Waals surface area contributed by atoms with Crippen molar-refractivity contribution in [1.82, 2.24) is 0 Å². The van der Waals surface area contributed by atoms with Crippen molar-refractivity contribution >= 4 is 41.6 Å². The third kappa shape index (κ3) is 4.29. The van der Waals surface area contributed by atoms with Gasteiger partial charge in [0.15, 0.2) is 0 Å². The van der Waals surface area contributed by atoms with Crippen LogP contribution in [0.2, 0.25) is 0 Å².